The summed E-state index contributed by atoms with van der Waals surface area (Å²) in [6, 6.07) is 10.2. The third kappa shape index (κ3) is 3.13. The number of nitrogens with zero attached hydrogens (tertiary/aromatic N) is 2. The fourth-order valence-corrected chi connectivity index (χ4v) is 3.20. The number of aromatic amines is 1. The topological polar surface area (TPSA) is 59.9 Å². The molecule has 0 spiro atoms. The van der Waals surface area contributed by atoms with E-state index in [1.165, 1.54) is 5.56 Å². The van der Waals surface area contributed by atoms with Gasteiger partial charge in [-0.25, -0.2) is 9.89 Å². The van der Waals surface area contributed by atoms with E-state index in [0.29, 0.717) is 6.54 Å². The predicted molar refractivity (Wildman–Crippen MR) is 77.8 cm³/mol. The van der Waals surface area contributed by atoms with Crippen LogP contribution in [0, 0.1) is 0 Å². The van der Waals surface area contributed by atoms with Gasteiger partial charge in [0.15, 0.2) is 5.16 Å². The average Bonchev–Trinajstić information content (AvgIpc) is 3.10. The molecule has 3 rings (SSSR count). The molecule has 0 saturated carbocycles. The third-order valence-electron chi connectivity index (χ3n) is 3.34. The van der Waals surface area contributed by atoms with E-state index >= 15 is 0 Å². The van der Waals surface area contributed by atoms with Crippen molar-refractivity contribution in [3.05, 3.63) is 46.4 Å². The zero-order valence-electron chi connectivity index (χ0n) is 11.1. The van der Waals surface area contributed by atoms with Crippen LogP contribution >= 0.6 is 11.8 Å². The zero-order valence-corrected chi connectivity index (χ0v) is 11.9. The van der Waals surface area contributed by atoms with Gasteiger partial charge in [0, 0.05) is 12.4 Å². The summed E-state index contributed by atoms with van der Waals surface area (Å²) in [6.07, 6.45) is 2.23. The minimum Gasteiger partial charge on any atom is -0.376 e. The van der Waals surface area contributed by atoms with Gasteiger partial charge < -0.3 is 4.74 Å². The summed E-state index contributed by atoms with van der Waals surface area (Å²) in [6.45, 7) is 1.39. The Hall–Kier alpha value is -1.53. The molecule has 1 aliphatic heterocycles. The first-order chi connectivity index (χ1) is 9.83. The van der Waals surface area contributed by atoms with Crippen LogP contribution < -0.4 is 5.69 Å². The first-order valence-corrected chi connectivity index (χ1v) is 7.75. The van der Waals surface area contributed by atoms with E-state index in [1.807, 2.05) is 18.2 Å². The van der Waals surface area contributed by atoms with Gasteiger partial charge in [-0.3, -0.25) is 4.57 Å². The van der Waals surface area contributed by atoms with Crippen LogP contribution in [0.3, 0.4) is 0 Å². The average molecular weight is 291 g/mol. The number of ether oxygens (including phenoxy) is 1. The number of rotatable bonds is 5. The van der Waals surface area contributed by atoms with Crippen molar-refractivity contribution >= 4 is 11.8 Å². The van der Waals surface area contributed by atoms with Crippen molar-refractivity contribution in [2.75, 3.05) is 6.61 Å². The SMILES string of the molecule is O=c1[nH]nc(SCc2ccccc2)n1C[C@@H]1CCCO1. The first kappa shape index (κ1) is 13.5. The number of benzene rings is 1. The molecular weight excluding hydrogens is 274 g/mol. The second-order valence-electron chi connectivity index (χ2n) is 4.83. The molecule has 0 unspecified atom stereocenters. The molecule has 1 aromatic carbocycles. The zero-order chi connectivity index (χ0) is 13.8. The van der Waals surface area contributed by atoms with Gasteiger partial charge in [0.1, 0.15) is 0 Å². The smallest absolute Gasteiger partial charge is 0.344 e. The Morgan fingerprint density at radius 2 is 2.25 bits per heavy atom. The van der Waals surface area contributed by atoms with E-state index in [-0.39, 0.29) is 11.8 Å². The molecule has 0 aliphatic carbocycles. The third-order valence-corrected chi connectivity index (χ3v) is 4.39. The van der Waals surface area contributed by atoms with Crippen molar-refractivity contribution < 1.29 is 4.74 Å². The van der Waals surface area contributed by atoms with E-state index in [9.17, 15) is 4.79 Å². The molecule has 6 heteroatoms. The lowest BCUT2D eigenvalue weighted by molar-refractivity contribution is 0.0941. The van der Waals surface area contributed by atoms with Crippen LogP contribution in [0.1, 0.15) is 18.4 Å². The second-order valence-corrected chi connectivity index (χ2v) is 5.77. The molecule has 5 nitrogen and oxygen atoms in total. The Morgan fingerprint density at radius 3 is 3.00 bits per heavy atom. The molecule has 20 heavy (non-hydrogen) atoms. The lowest BCUT2D eigenvalue weighted by atomic mass is 10.2. The van der Waals surface area contributed by atoms with Crippen molar-refractivity contribution in [2.45, 2.75) is 36.4 Å². The first-order valence-electron chi connectivity index (χ1n) is 6.76. The van der Waals surface area contributed by atoms with E-state index in [0.717, 1.165) is 30.4 Å². The molecule has 0 amide bonds. The van der Waals surface area contributed by atoms with Gasteiger partial charge in [-0.15, -0.1) is 5.10 Å². The van der Waals surface area contributed by atoms with Crippen molar-refractivity contribution in [1.82, 2.24) is 14.8 Å². The lowest BCUT2D eigenvalue weighted by Crippen LogP contribution is -2.24. The molecule has 1 fully saturated rings. The van der Waals surface area contributed by atoms with Crippen LogP contribution in [0.25, 0.3) is 0 Å². The van der Waals surface area contributed by atoms with Crippen LogP contribution in [-0.2, 0) is 17.0 Å². The summed E-state index contributed by atoms with van der Waals surface area (Å²) in [4.78, 5) is 11.8. The van der Waals surface area contributed by atoms with Gasteiger partial charge in [0.05, 0.1) is 12.6 Å². The molecular formula is C14H17N3O2S. The summed E-state index contributed by atoms with van der Waals surface area (Å²) < 4.78 is 7.27. The van der Waals surface area contributed by atoms with Crippen LogP contribution in [0.5, 0.6) is 0 Å². The summed E-state index contributed by atoms with van der Waals surface area (Å²) in [5.74, 6) is 0.802. The Bertz CT molecular complexity index is 602. The van der Waals surface area contributed by atoms with Gasteiger partial charge in [-0.1, -0.05) is 42.1 Å². The highest BCUT2D eigenvalue weighted by molar-refractivity contribution is 7.98. The molecule has 106 valence electrons. The minimum atomic E-state index is -0.156. The highest BCUT2D eigenvalue weighted by atomic mass is 32.2. The van der Waals surface area contributed by atoms with Crippen LogP contribution in [-0.4, -0.2) is 27.5 Å². The molecule has 0 bridgehead atoms. The highest BCUT2D eigenvalue weighted by Crippen LogP contribution is 2.21. The van der Waals surface area contributed by atoms with E-state index in [4.69, 9.17) is 4.74 Å². The van der Waals surface area contributed by atoms with Crippen molar-refractivity contribution in [2.24, 2.45) is 0 Å². The fraction of sp³-hybridized carbons (Fsp3) is 0.429. The molecule has 1 N–H and O–H groups in total. The number of hydrogen-bond acceptors (Lipinski definition) is 4. The summed E-state index contributed by atoms with van der Waals surface area (Å²) >= 11 is 1.57. The quantitative estimate of drug-likeness (QED) is 0.856. The summed E-state index contributed by atoms with van der Waals surface area (Å²) in [5, 5.41) is 7.37. The lowest BCUT2D eigenvalue weighted by Gasteiger charge is -2.10. The predicted octanol–water partition coefficient (Wildman–Crippen LogP) is 2.04. The molecule has 0 radical (unpaired) electrons. The maximum atomic E-state index is 11.8. The molecule has 2 heterocycles. The Kier molecular flexibility index (Phi) is 4.22. The van der Waals surface area contributed by atoms with Crippen LogP contribution in [0.2, 0.25) is 0 Å². The number of thioether (sulfide) groups is 1. The second kappa shape index (κ2) is 6.28. The maximum absolute atomic E-state index is 11.8. The molecule has 2 aromatic rings. The molecule has 1 aromatic heterocycles. The number of aromatic nitrogens is 3. The number of H-pyrrole nitrogens is 1. The number of nitrogens with one attached hydrogen (secondary N) is 1. The van der Waals surface area contributed by atoms with E-state index in [1.54, 1.807) is 16.3 Å². The standard InChI is InChI=1S/C14H17N3O2S/c18-13-15-16-14(17(13)9-12-7-4-8-19-12)20-10-11-5-2-1-3-6-11/h1-3,5-6,12H,4,7-10H2,(H,15,18)/t12-/m0/s1. The highest BCUT2D eigenvalue weighted by Gasteiger charge is 2.19. The van der Waals surface area contributed by atoms with Gasteiger partial charge >= 0.3 is 5.69 Å². The van der Waals surface area contributed by atoms with Crippen molar-refractivity contribution in [1.29, 1.82) is 0 Å². The Labute approximate surface area is 121 Å². The minimum absolute atomic E-state index is 0.140. The molecule has 1 atom stereocenters. The van der Waals surface area contributed by atoms with Crippen molar-refractivity contribution in [3.63, 3.8) is 0 Å². The van der Waals surface area contributed by atoms with E-state index < -0.39 is 0 Å². The van der Waals surface area contributed by atoms with E-state index in [2.05, 4.69) is 22.3 Å². The van der Waals surface area contributed by atoms with Crippen LogP contribution in [0.15, 0.2) is 40.3 Å². The molecule has 1 aliphatic rings. The maximum Gasteiger partial charge on any atom is 0.344 e. The normalized spacial score (nSPS) is 18.5. The van der Waals surface area contributed by atoms with Gasteiger partial charge in [0.2, 0.25) is 0 Å². The van der Waals surface area contributed by atoms with Crippen LogP contribution in [0.4, 0.5) is 0 Å². The molecule has 1 saturated heterocycles. The Morgan fingerprint density at radius 1 is 1.40 bits per heavy atom. The van der Waals surface area contributed by atoms with Gasteiger partial charge in [-0.05, 0) is 18.4 Å². The number of hydrogen-bond donors (Lipinski definition) is 1. The fourth-order valence-electron chi connectivity index (χ4n) is 2.29. The Balaban J connectivity index is 1.68. The monoisotopic (exact) mass is 291 g/mol. The largest absolute Gasteiger partial charge is 0.376 e. The summed E-state index contributed by atoms with van der Waals surface area (Å²) in [7, 11) is 0. The summed E-state index contributed by atoms with van der Waals surface area (Å²) in [5.41, 5.74) is 1.06. The van der Waals surface area contributed by atoms with Crippen molar-refractivity contribution in [3.8, 4) is 0 Å². The van der Waals surface area contributed by atoms with Gasteiger partial charge in [0.25, 0.3) is 0 Å². The van der Waals surface area contributed by atoms with Gasteiger partial charge in [-0.2, -0.15) is 0 Å².